The summed E-state index contributed by atoms with van der Waals surface area (Å²) < 4.78 is 28.1. The Labute approximate surface area is 174 Å². The standard InChI is InChI=1S/C22H24F2N4O2/c1-3-10-25-21(29)26-19-13-15(2)8-9-20(19)28-12-5-11-27(22(28)30)14-16-17(23)6-4-7-18(16)24/h3-4,6-9,13H,1,5,10-12,14H2,2H3,(H2,25,26,29). The van der Waals surface area contributed by atoms with E-state index in [9.17, 15) is 18.4 Å². The van der Waals surface area contributed by atoms with Crippen molar-refractivity contribution in [2.45, 2.75) is 19.9 Å². The summed E-state index contributed by atoms with van der Waals surface area (Å²) in [5.41, 5.74) is 1.77. The lowest BCUT2D eigenvalue weighted by atomic mass is 10.1. The normalized spacial score (nSPS) is 13.9. The third kappa shape index (κ3) is 4.76. The fourth-order valence-corrected chi connectivity index (χ4v) is 3.34. The van der Waals surface area contributed by atoms with Gasteiger partial charge in [-0.15, -0.1) is 6.58 Å². The number of carbonyl (C=O) groups is 2. The van der Waals surface area contributed by atoms with Crippen LogP contribution in [0.1, 0.15) is 17.5 Å². The summed E-state index contributed by atoms with van der Waals surface area (Å²) in [5, 5.41) is 5.39. The Morgan fingerprint density at radius 3 is 2.63 bits per heavy atom. The summed E-state index contributed by atoms with van der Waals surface area (Å²) in [7, 11) is 0. The van der Waals surface area contributed by atoms with Crippen LogP contribution >= 0.6 is 0 Å². The number of anilines is 2. The van der Waals surface area contributed by atoms with Gasteiger partial charge in [-0.2, -0.15) is 0 Å². The molecule has 4 amide bonds. The second kappa shape index (κ2) is 9.39. The van der Waals surface area contributed by atoms with Crippen LogP contribution in [-0.2, 0) is 6.54 Å². The second-order valence-corrected chi connectivity index (χ2v) is 7.05. The van der Waals surface area contributed by atoms with E-state index in [2.05, 4.69) is 17.2 Å². The number of hydrogen-bond acceptors (Lipinski definition) is 2. The van der Waals surface area contributed by atoms with Gasteiger partial charge >= 0.3 is 12.1 Å². The second-order valence-electron chi connectivity index (χ2n) is 7.05. The summed E-state index contributed by atoms with van der Waals surface area (Å²) in [4.78, 5) is 28.2. The molecule has 2 N–H and O–H groups in total. The van der Waals surface area contributed by atoms with Gasteiger partial charge in [0.1, 0.15) is 11.6 Å². The van der Waals surface area contributed by atoms with Crippen molar-refractivity contribution in [1.82, 2.24) is 10.2 Å². The molecule has 6 nitrogen and oxygen atoms in total. The summed E-state index contributed by atoms with van der Waals surface area (Å²) in [6.07, 6.45) is 2.18. The predicted octanol–water partition coefficient (Wildman–Crippen LogP) is 4.41. The molecule has 0 aromatic heterocycles. The first-order valence-electron chi connectivity index (χ1n) is 9.66. The van der Waals surface area contributed by atoms with Gasteiger partial charge in [0.15, 0.2) is 0 Å². The molecule has 30 heavy (non-hydrogen) atoms. The fraction of sp³-hybridized carbons (Fsp3) is 0.273. The van der Waals surface area contributed by atoms with Crippen LogP contribution < -0.4 is 15.5 Å². The smallest absolute Gasteiger partial charge is 0.324 e. The van der Waals surface area contributed by atoms with Crippen LogP contribution in [0.25, 0.3) is 0 Å². The first-order valence-corrected chi connectivity index (χ1v) is 9.66. The first kappa shape index (κ1) is 21.3. The maximum absolute atomic E-state index is 14.1. The van der Waals surface area contributed by atoms with Crippen LogP contribution in [0.4, 0.5) is 29.7 Å². The van der Waals surface area contributed by atoms with E-state index < -0.39 is 17.7 Å². The molecule has 0 atom stereocenters. The molecular weight excluding hydrogens is 390 g/mol. The number of rotatable bonds is 6. The summed E-state index contributed by atoms with van der Waals surface area (Å²) >= 11 is 0. The maximum Gasteiger partial charge on any atom is 0.324 e. The Morgan fingerprint density at radius 2 is 1.93 bits per heavy atom. The molecule has 1 aliphatic rings. The molecule has 0 radical (unpaired) electrons. The number of nitrogens with one attached hydrogen (secondary N) is 2. The maximum atomic E-state index is 14.1. The number of nitrogens with zero attached hydrogens (tertiary/aromatic N) is 2. The van der Waals surface area contributed by atoms with Crippen molar-refractivity contribution in [3.8, 4) is 0 Å². The van der Waals surface area contributed by atoms with E-state index in [0.29, 0.717) is 37.4 Å². The molecule has 0 spiro atoms. The molecule has 1 aliphatic heterocycles. The number of halogens is 2. The van der Waals surface area contributed by atoms with Crippen molar-refractivity contribution in [2.24, 2.45) is 0 Å². The number of hydrogen-bond donors (Lipinski definition) is 2. The van der Waals surface area contributed by atoms with Crippen LogP contribution in [0.2, 0.25) is 0 Å². The lowest BCUT2D eigenvalue weighted by Gasteiger charge is -2.36. The average molecular weight is 414 g/mol. The topological polar surface area (TPSA) is 64.7 Å². The number of carbonyl (C=O) groups excluding carboxylic acids is 2. The number of amides is 4. The van der Waals surface area contributed by atoms with E-state index in [4.69, 9.17) is 0 Å². The number of benzene rings is 2. The highest BCUT2D eigenvalue weighted by atomic mass is 19.1. The van der Waals surface area contributed by atoms with Gasteiger partial charge in [-0.3, -0.25) is 4.90 Å². The molecule has 3 rings (SSSR count). The van der Waals surface area contributed by atoms with E-state index >= 15 is 0 Å². The summed E-state index contributed by atoms with van der Waals surface area (Å²) in [6.45, 7) is 6.39. The number of aryl methyl sites for hydroxylation is 1. The molecular formula is C22H24F2N4O2. The van der Waals surface area contributed by atoms with Crippen molar-refractivity contribution < 1.29 is 18.4 Å². The van der Waals surface area contributed by atoms with Gasteiger partial charge in [0, 0.05) is 25.2 Å². The molecule has 1 fully saturated rings. The van der Waals surface area contributed by atoms with Gasteiger partial charge in [0.2, 0.25) is 0 Å². The minimum atomic E-state index is -0.684. The Bertz CT molecular complexity index is 944. The third-order valence-corrected chi connectivity index (χ3v) is 4.82. The van der Waals surface area contributed by atoms with Gasteiger partial charge < -0.3 is 15.5 Å². The zero-order chi connectivity index (χ0) is 21.7. The molecule has 0 unspecified atom stereocenters. The number of urea groups is 2. The molecule has 1 heterocycles. The molecule has 0 bridgehead atoms. The van der Waals surface area contributed by atoms with E-state index in [1.54, 1.807) is 18.2 Å². The van der Waals surface area contributed by atoms with Crippen molar-refractivity contribution in [3.05, 3.63) is 71.8 Å². The Balaban J connectivity index is 1.84. The van der Waals surface area contributed by atoms with Crippen molar-refractivity contribution in [1.29, 1.82) is 0 Å². The first-order chi connectivity index (χ1) is 14.4. The SMILES string of the molecule is C=CCNC(=O)Nc1cc(C)ccc1N1CCCN(Cc2c(F)cccc2F)C1=O. The lowest BCUT2D eigenvalue weighted by molar-refractivity contribution is 0.191. The van der Waals surface area contributed by atoms with Gasteiger partial charge in [-0.1, -0.05) is 18.2 Å². The molecule has 8 heteroatoms. The Hall–Kier alpha value is -3.42. The van der Waals surface area contributed by atoms with Crippen LogP contribution in [0.5, 0.6) is 0 Å². The van der Waals surface area contributed by atoms with Crippen LogP contribution in [0.15, 0.2) is 49.1 Å². The highest BCUT2D eigenvalue weighted by Crippen LogP contribution is 2.30. The minimum absolute atomic E-state index is 0.140. The van der Waals surface area contributed by atoms with Crippen LogP contribution in [0.3, 0.4) is 0 Å². The molecule has 2 aromatic rings. The Morgan fingerprint density at radius 1 is 1.20 bits per heavy atom. The monoisotopic (exact) mass is 414 g/mol. The summed E-state index contributed by atoms with van der Waals surface area (Å²) in [5.74, 6) is -1.37. The third-order valence-electron chi connectivity index (χ3n) is 4.82. The molecule has 2 aromatic carbocycles. The quantitative estimate of drug-likeness (QED) is 0.688. The molecule has 0 aliphatic carbocycles. The molecule has 1 saturated heterocycles. The largest absolute Gasteiger partial charge is 0.334 e. The van der Waals surface area contributed by atoms with Gasteiger partial charge in [0.25, 0.3) is 0 Å². The Kier molecular flexibility index (Phi) is 6.66. The van der Waals surface area contributed by atoms with Gasteiger partial charge in [-0.25, -0.2) is 18.4 Å². The molecule has 158 valence electrons. The van der Waals surface area contributed by atoms with Gasteiger partial charge in [0.05, 0.1) is 17.9 Å². The zero-order valence-electron chi connectivity index (χ0n) is 16.8. The predicted molar refractivity (Wildman–Crippen MR) is 113 cm³/mol. The fourth-order valence-electron chi connectivity index (χ4n) is 3.34. The minimum Gasteiger partial charge on any atom is -0.334 e. The van der Waals surface area contributed by atoms with Crippen molar-refractivity contribution in [3.63, 3.8) is 0 Å². The van der Waals surface area contributed by atoms with Crippen molar-refractivity contribution in [2.75, 3.05) is 29.9 Å². The van der Waals surface area contributed by atoms with Crippen molar-refractivity contribution >= 4 is 23.4 Å². The van der Waals surface area contributed by atoms with E-state index in [1.807, 2.05) is 13.0 Å². The van der Waals surface area contributed by atoms with E-state index in [1.165, 1.54) is 28.0 Å². The average Bonchev–Trinajstić information content (AvgIpc) is 2.71. The zero-order valence-corrected chi connectivity index (χ0v) is 16.8. The van der Waals surface area contributed by atoms with E-state index in [-0.39, 0.29) is 18.1 Å². The molecule has 0 saturated carbocycles. The summed E-state index contributed by atoms with van der Waals surface area (Å²) in [6, 6.07) is 8.21. The van der Waals surface area contributed by atoms with Gasteiger partial charge in [-0.05, 0) is 43.2 Å². The van der Waals surface area contributed by atoms with Crippen LogP contribution in [0, 0.1) is 18.6 Å². The lowest BCUT2D eigenvalue weighted by Crippen LogP contribution is -2.49. The van der Waals surface area contributed by atoms with E-state index in [0.717, 1.165) is 5.56 Å². The highest BCUT2D eigenvalue weighted by molar-refractivity contribution is 6.00. The van der Waals surface area contributed by atoms with Crippen LogP contribution in [-0.4, -0.2) is 36.6 Å². The highest BCUT2D eigenvalue weighted by Gasteiger charge is 2.29.